The number of aliphatic hydroxyl groups is 1. The van der Waals surface area contributed by atoms with E-state index in [-0.39, 0.29) is 24.6 Å². The number of carbonyl (C=O) groups excluding carboxylic acids is 1. The summed E-state index contributed by atoms with van der Waals surface area (Å²) in [6.45, 7) is 2.24. The van der Waals surface area contributed by atoms with Crippen molar-refractivity contribution in [1.82, 2.24) is 5.32 Å². The first kappa shape index (κ1) is 13.5. The average molecular weight is 237 g/mol. The molecule has 94 valence electrons. The largest absolute Gasteiger partial charge is 0.508 e. The van der Waals surface area contributed by atoms with Gasteiger partial charge in [-0.25, -0.2) is 0 Å². The molecule has 0 radical (unpaired) electrons. The summed E-state index contributed by atoms with van der Waals surface area (Å²) in [5, 5.41) is 21.6. The maximum Gasteiger partial charge on any atom is 0.224 e. The summed E-state index contributed by atoms with van der Waals surface area (Å²) < 4.78 is 0. The van der Waals surface area contributed by atoms with E-state index in [4.69, 9.17) is 0 Å². The molecule has 0 saturated carbocycles. The highest BCUT2D eigenvalue weighted by Gasteiger charge is 2.08. The number of phenols is 1. The lowest BCUT2D eigenvalue weighted by atomic mass is 10.1. The van der Waals surface area contributed by atoms with Crippen molar-refractivity contribution >= 4 is 5.91 Å². The molecule has 0 aliphatic rings. The fraction of sp³-hybridized carbons (Fsp3) is 0.462. The predicted molar refractivity (Wildman–Crippen MR) is 65.7 cm³/mol. The number of phenolic OH excluding ortho intramolecular Hbond substituents is 1. The van der Waals surface area contributed by atoms with Gasteiger partial charge in [-0.15, -0.1) is 0 Å². The summed E-state index contributed by atoms with van der Waals surface area (Å²) in [6.07, 6.45) is 1.20. The molecule has 1 aromatic rings. The van der Waals surface area contributed by atoms with Gasteiger partial charge in [0.05, 0.1) is 12.5 Å². The number of carbonyl (C=O) groups is 1. The van der Waals surface area contributed by atoms with Crippen molar-refractivity contribution < 1.29 is 15.0 Å². The zero-order valence-electron chi connectivity index (χ0n) is 10.0. The van der Waals surface area contributed by atoms with E-state index in [0.29, 0.717) is 12.0 Å². The van der Waals surface area contributed by atoms with Gasteiger partial charge in [0.1, 0.15) is 5.75 Å². The molecule has 0 saturated heterocycles. The minimum absolute atomic E-state index is 0.122. The monoisotopic (exact) mass is 237 g/mol. The molecule has 1 amide bonds. The number of aliphatic hydroxyl groups excluding tert-OH is 1. The maximum absolute atomic E-state index is 11.5. The summed E-state index contributed by atoms with van der Waals surface area (Å²) in [6, 6.07) is 6.74. The van der Waals surface area contributed by atoms with Crippen LogP contribution in [0.3, 0.4) is 0 Å². The molecule has 1 unspecified atom stereocenters. The molecule has 4 heteroatoms. The van der Waals surface area contributed by atoms with Gasteiger partial charge in [0.25, 0.3) is 0 Å². The molecule has 0 spiro atoms. The van der Waals surface area contributed by atoms with Crippen LogP contribution in [0.2, 0.25) is 0 Å². The maximum atomic E-state index is 11.5. The third kappa shape index (κ3) is 4.87. The molecule has 1 atom stereocenters. The number of nitrogens with one attached hydrogen (secondary N) is 1. The van der Waals surface area contributed by atoms with Gasteiger partial charge in [-0.05, 0) is 12.5 Å². The van der Waals surface area contributed by atoms with E-state index in [1.807, 2.05) is 6.92 Å². The van der Waals surface area contributed by atoms with Gasteiger partial charge in [-0.2, -0.15) is 0 Å². The van der Waals surface area contributed by atoms with Crippen LogP contribution in [0.1, 0.15) is 25.3 Å². The molecule has 0 fully saturated rings. The Morgan fingerprint density at radius 3 is 2.76 bits per heavy atom. The molecular weight excluding hydrogens is 218 g/mol. The Morgan fingerprint density at radius 2 is 2.12 bits per heavy atom. The topological polar surface area (TPSA) is 69.6 Å². The Bertz CT molecular complexity index is 365. The van der Waals surface area contributed by atoms with Crippen LogP contribution in [0.5, 0.6) is 5.75 Å². The number of para-hydroxylation sites is 1. The average Bonchev–Trinajstić information content (AvgIpc) is 2.30. The van der Waals surface area contributed by atoms with Gasteiger partial charge < -0.3 is 15.5 Å². The predicted octanol–water partition coefficient (Wildman–Crippen LogP) is 1.21. The molecule has 3 N–H and O–H groups in total. The third-order valence-corrected chi connectivity index (χ3v) is 2.50. The lowest BCUT2D eigenvalue weighted by Crippen LogP contribution is -2.33. The van der Waals surface area contributed by atoms with E-state index in [0.717, 1.165) is 6.42 Å². The van der Waals surface area contributed by atoms with E-state index in [1.54, 1.807) is 24.3 Å². The van der Waals surface area contributed by atoms with Crippen LogP contribution in [-0.4, -0.2) is 28.8 Å². The van der Waals surface area contributed by atoms with Gasteiger partial charge >= 0.3 is 0 Å². The first-order valence-electron chi connectivity index (χ1n) is 5.85. The first-order chi connectivity index (χ1) is 8.13. The van der Waals surface area contributed by atoms with Crippen LogP contribution in [0.25, 0.3) is 0 Å². The van der Waals surface area contributed by atoms with Gasteiger partial charge in [0.2, 0.25) is 5.91 Å². The van der Waals surface area contributed by atoms with Gasteiger partial charge in [-0.1, -0.05) is 31.5 Å². The first-order valence-corrected chi connectivity index (χ1v) is 5.85. The van der Waals surface area contributed by atoms with Gasteiger partial charge in [0, 0.05) is 12.1 Å². The molecule has 1 aromatic carbocycles. The quantitative estimate of drug-likeness (QED) is 0.696. The highest BCUT2D eigenvalue weighted by molar-refractivity contribution is 5.79. The number of amides is 1. The Morgan fingerprint density at radius 1 is 1.41 bits per heavy atom. The molecule has 17 heavy (non-hydrogen) atoms. The van der Waals surface area contributed by atoms with E-state index in [2.05, 4.69) is 5.32 Å². The Balaban J connectivity index is 2.37. The fourth-order valence-corrected chi connectivity index (χ4v) is 1.56. The van der Waals surface area contributed by atoms with Crippen LogP contribution >= 0.6 is 0 Å². The van der Waals surface area contributed by atoms with Crippen molar-refractivity contribution in [1.29, 1.82) is 0 Å². The molecule has 1 rings (SSSR count). The number of hydrogen-bond acceptors (Lipinski definition) is 3. The van der Waals surface area contributed by atoms with Crippen molar-refractivity contribution in [2.45, 2.75) is 32.3 Å². The van der Waals surface area contributed by atoms with Crippen LogP contribution < -0.4 is 5.32 Å². The van der Waals surface area contributed by atoms with Crippen LogP contribution in [-0.2, 0) is 11.2 Å². The molecule has 0 heterocycles. The number of hydrogen-bond donors (Lipinski definition) is 3. The smallest absolute Gasteiger partial charge is 0.224 e. The molecule has 4 nitrogen and oxygen atoms in total. The minimum atomic E-state index is -0.492. The SMILES string of the molecule is CCCC(O)CNC(=O)Cc1ccccc1O. The van der Waals surface area contributed by atoms with Gasteiger partial charge in [-0.3, -0.25) is 4.79 Å². The molecule has 0 aliphatic heterocycles. The second-order valence-electron chi connectivity index (χ2n) is 4.05. The van der Waals surface area contributed by atoms with Crippen LogP contribution in [0.4, 0.5) is 0 Å². The second-order valence-corrected chi connectivity index (χ2v) is 4.05. The van der Waals surface area contributed by atoms with Crippen molar-refractivity contribution in [3.8, 4) is 5.75 Å². The lowest BCUT2D eigenvalue weighted by molar-refractivity contribution is -0.120. The zero-order valence-corrected chi connectivity index (χ0v) is 10.0. The molecule has 0 aliphatic carbocycles. The number of rotatable bonds is 6. The van der Waals surface area contributed by atoms with E-state index < -0.39 is 6.10 Å². The van der Waals surface area contributed by atoms with Crippen molar-refractivity contribution in [2.24, 2.45) is 0 Å². The third-order valence-electron chi connectivity index (χ3n) is 2.50. The van der Waals surface area contributed by atoms with E-state index in [1.165, 1.54) is 0 Å². The summed E-state index contributed by atoms with van der Waals surface area (Å²) in [5.41, 5.74) is 0.593. The van der Waals surface area contributed by atoms with E-state index in [9.17, 15) is 15.0 Å². The number of benzene rings is 1. The van der Waals surface area contributed by atoms with Crippen LogP contribution in [0, 0.1) is 0 Å². The Kier molecular flexibility index (Phi) is 5.49. The fourth-order valence-electron chi connectivity index (χ4n) is 1.56. The minimum Gasteiger partial charge on any atom is -0.508 e. The van der Waals surface area contributed by atoms with Crippen molar-refractivity contribution in [2.75, 3.05) is 6.54 Å². The second kappa shape index (κ2) is 6.91. The highest BCUT2D eigenvalue weighted by atomic mass is 16.3. The van der Waals surface area contributed by atoms with Crippen molar-refractivity contribution in [3.05, 3.63) is 29.8 Å². The lowest BCUT2D eigenvalue weighted by Gasteiger charge is -2.11. The number of aromatic hydroxyl groups is 1. The summed E-state index contributed by atoms with van der Waals surface area (Å²) >= 11 is 0. The summed E-state index contributed by atoms with van der Waals surface area (Å²) in [7, 11) is 0. The normalized spacial score (nSPS) is 12.1. The zero-order chi connectivity index (χ0) is 12.7. The van der Waals surface area contributed by atoms with Crippen molar-refractivity contribution in [3.63, 3.8) is 0 Å². The molecular formula is C13H19NO3. The Hall–Kier alpha value is -1.55. The molecule has 0 bridgehead atoms. The highest BCUT2D eigenvalue weighted by Crippen LogP contribution is 2.15. The van der Waals surface area contributed by atoms with Gasteiger partial charge in [0.15, 0.2) is 0 Å². The summed E-state index contributed by atoms with van der Waals surface area (Å²) in [4.78, 5) is 11.5. The molecule has 0 aromatic heterocycles. The summed E-state index contributed by atoms with van der Waals surface area (Å²) in [5.74, 6) is -0.0709. The standard InChI is InChI=1S/C13H19NO3/c1-2-5-11(15)9-14-13(17)8-10-6-3-4-7-12(10)16/h3-4,6-7,11,15-16H,2,5,8-9H2,1H3,(H,14,17). The van der Waals surface area contributed by atoms with E-state index >= 15 is 0 Å². The van der Waals surface area contributed by atoms with Crippen LogP contribution in [0.15, 0.2) is 24.3 Å². The Labute approximate surface area is 101 Å².